The van der Waals surface area contributed by atoms with Crippen LogP contribution in [0.5, 0.6) is 0 Å². The highest BCUT2D eigenvalue weighted by Gasteiger charge is 2.27. The van der Waals surface area contributed by atoms with Crippen LogP contribution in [0.1, 0.15) is 28.9 Å². The largest absolute Gasteiger partial charge is 0.396 e. The maximum atomic E-state index is 12.0. The zero-order chi connectivity index (χ0) is 13.8. The van der Waals surface area contributed by atoms with E-state index in [2.05, 4.69) is 15.6 Å². The molecule has 0 radical (unpaired) electrons. The number of carbonyl (C=O) groups excluding carboxylic acids is 1. The van der Waals surface area contributed by atoms with Crippen molar-refractivity contribution in [3.05, 3.63) is 4.88 Å². The molecule has 1 aliphatic rings. The molecule has 1 aromatic rings. The van der Waals surface area contributed by atoms with Crippen molar-refractivity contribution in [1.82, 2.24) is 10.3 Å². The van der Waals surface area contributed by atoms with Crippen LogP contribution in [0, 0.1) is 11.8 Å². The summed E-state index contributed by atoms with van der Waals surface area (Å²) in [5.74, 6) is 0.760. The van der Waals surface area contributed by atoms with Gasteiger partial charge < -0.3 is 21.5 Å². The quantitative estimate of drug-likeness (QED) is 0.644. The van der Waals surface area contributed by atoms with Crippen LogP contribution >= 0.6 is 11.3 Å². The molecule has 2 unspecified atom stereocenters. The first kappa shape index (κ1) is 14.1. The molecule has 0 bridgehead atoms. The number of hydrogen-bond acceptors (Lipinski definition) is 6. The van der Waals surface area contributed by atoms with E-state index in [1.54, 1.807) is 7.05 Å². The number of aliphatic hydroxyl groups is 1. The highest BCUT2D eigenvalue weighted by atomic mass is 32.1. The molecule has 106 valence electrons. The average molecular weight is 284 g/mol. The number of hydrogen-bond donors (Lipinski definition) is 4. The smallest absolute Gasteiger partial charge is 0.265 e. The second kappa shape index (κ2) is 6.21. The van der Waals surface area contributed by atoms with Crippen molar-refractivity contribution in [2.45, 2.75) is 19.3 Å². The summed E-state index contributed by atoms with van der Waals surface area (Å²) >= 11 is 1.25. The number of amides is 1. The van der Waals surface area contributed by atoms with Gasteiger partial charge in [0.05, 0.1) is 0 Å². The molecule has 7 heteroatoms. The topological polar surface area (TPSA) is 100 Å². The summed E-state index contributed by atoms with van der Waals surface area (Å²) in [7, 11) is 1.74. The Balaban J connectivity index is 1.92. The summed E-state index contributed by atoms with van der Waals surface area (Å²) in [6.45, 7) is 0.795. The third-order valence-electron chi connectivity index (χ3n) is 3.65. The molecule has 1 amide bonds. The Morgan fingerprint density at radius 2 is 2.26 bits per heavy atom. The molecule has 1 aromatic heterocycles. The Morgan fingerprint density at radius 3 is 2.89 bits per heavy atom. The molecular weight excluding hydrogens is 264 g/mol. The summed E-state index contributed by atoms with van der Waals surface area (Å²) in [6.07, 6.45) is 3.23. The lowest BCUT2D eigenvalue weighted by atomic mass is 9.97. The lowest BCUT2D eigenvalue weighted by Crippen LogP contribution is -2.31. The van der Waals surface area contributed by atoms with E-state index in [-0.39, 0.29) is 18.3 Å². The maximum Gasteiger partial charge on any atom is 0.265 e. The zero-order valence-corrected chi connectivity index (χ0v) is 11.8. The summed E-state index contributed by atoms with van der Waals surface area (Å²) in [6, 6.07) is 0. The molecular formula is C12H20N4O2S. The van der Waals surface area contributed by atoms with Gasteiger partial charge in [0.2, 0.25) is 0 Å². The summed E-state index contributed by atoms with van der Waals surface area (Å²) < 4.78 is 0. The number of nitrogen functional groups attached to an aromatic ring is 1. The van der Waals surface area contributed by atoms with Crippen LogP contribution in [-0.2, 0) is 0 Å². The van der Waals surface area contributed by atoms with Crippen LogP contribution in [0.15, 0.2) is 0 Å². The van der Waals surface area contributed by atoms with Gasteiger partial charge in [-0.1, -0.05) is 17.8 Å². The fourth-order valence-corrected chi connectivity index (χ4v) is 3.28. The first-order chi connectivity index (χ1) is 9.15. The van der Waals surface area contributed by atoms with Crippen molar-refractivity contribution in [3.8, 4) is 0 Å². The van der Waals surface area contributed by atoms with Gasteiger partial charge in [-0.15, -0.1) is 0 Å². The van der Waals surface area contributed by atoms with E-state index in [0.29, 0.717) is 28.4 Å². The van der Waals surface area contributed by atoms with Gasteiger partial charge >= 0.3 is 0 Å². The number of rotatable bonds is 5. The average Bonchev–Trinajstić information content (AvgIpc) is 3.01. The second-order valence-electron chi connectivity index (χ2n) is 4.83. The molecule has 1 heterocycles. The van der Waals surface area contributed by atoms with Crippen molar-refractivity contribution < 1.29 is 9.90 Å². The van der Waals surface area contributed by atoms with E-state index >= 15 is 0 Å². The lowest BCUT2D eigenvalue weighted by Gasteiger charge is -2.17. The number of anilines is 2. The van der Waals surface area contributed by atoms with E-state index in [1.807, 2.05) is 0 Å². The molecule has 1 aliphatic carbocycles. The van der Waals surface area contributed by atoms with Gasteiger partial charge in [0.15, 0.2) is 5.13 Å². The SMILES string of the molecule is CNc1nc(N)c(C(=O)NCC2CCCC2CO)s1. The minimum absolute atomic E-state index is 0.180. The van der Waals surface area contributed by atoms with E-state index < -0.39 is 0 Å². The Kier molecular flexibility index (Phi) is 4.60. The minimum atomic E-state index is -0.180. The number of nitrogens with two attached hydrogens (primary N) is 1. The predicted molar refractivity (Wildman–Crippen MR) is 76.3 cm³/mol. The molecule has 0 saturated heterocycles. The predicted octanol–water partition coefficient (Wildman–Crippen LogP) is 0.905. The fraction of sp³-hybridized carbons (Fsp3) is 0.667. The number of aliphatic hydroxyl groups excluding tert-OH is 1. The van der Waals surface area contributed by atoms with E-state index in [0.717, 1.165) is 19.3 Å². The molecule has 1 fully saturated rings. The van der Waals surface area contributed by atoms with Crippen LogP contribution in [0.25, 0.3) is 0 Å². The van der Waals surface area contributed by atoms with Gasteiger partial charge in [-0.05, 0) is 24.7 Å². The fourth-order valence-electron chi connectivity index (χ4n) is 2.53. The van der Waals surface area contributed by atoms with Crippen molar-refractivity contribution in [2.24, 2.45) is 11.8 Å². The maximum absolute atomic E-state index is 12.0. The van der Waals surface area contributed by atoms with Gasteiger partial charge in [0.1, 0.15) is 10.7 Å². The van der Waals surface area contributed by atoms with Gasteiger partial charge in [0.25, 0.3) is 5.91 Å². The first-order valence-electron chi connectivity index (χ1n) is 6.48. The van der Waals surface area contributed by atoms with Crippen molar-refractivity contribution in [3.63, 3.8) is 0 Å². The van der Waals surface area contributed by atoms with Crippen LogP contribution < -0.4 is 16.4 Å². The number of nitrogens with zero attached hydrogens (tertiary/aromatic N) is 1. The molecule has 19 heavy (non-hydrogen) atoms. The molecule has 0 aliphatic heterocycles. The van der Waals surface area contributed by atoms with Gasteiger partial charge in [-0.3, -0.25) is 4.79 Å². The van der Waals surface area contributed by atoms with Gasteiger partial charge in [-0.25, -0.2) is 4.98 Å². The Hall–Kier alpha value is -1.34. The van der Waals surface area contributed by atoms with Crippen molar-refractivity contribution >= 4 is 28.2 Å². The van der Waals surface area contributed by atoms with Gasteiger partial charge in [-0.2, -0.15) is 0 Å². The number of aromatic nitrogens is 1. The van der Waals surface area contributed by atoms with E-state index in [9.17, 15) is 9.90 Å². The second-order valence-corrected chi connectivity index (χ2v) is 5.83. The third kappa shape index (κ3) is 3.16. The van der Waals surface area contributed by atoms with E-state index in [4.69, 9.17) is 5.73 Å². The summed E-state index contributed by atoms with van der Waals surface area (Å²) in [4.78, 5) is 16.5. The number of nitrogens with one attached hydrogen (secondary N) is 2. The minimum Gasteiger partial charge on any atom is -0.396 e. The van der Waals surface area contributed by atoms with Crippen LogP contribution in [0.2, 0.25) is 0 Å². The normalized spacial score (nSPS) is 22.4. The van der Waals surface area contributed by atoms with Crippen LogP contribution in [0.4, 0.5) is 10.9 Å². The molecule has 2 atom stereocenters. The highest BCUT2D eigenvalue weighted by Crippen LogP contribution is 2.31. The third-order valence-corrected chi connectivity index (χ3v) is 4.74. The Bertz CT molecular complexity index is 449. The first-order valence-corrected chi connectivity index (χ1v) is 7.30. The summed E-state index contributed by atoms with van der Waals surface area (Å²) in [5.41, 5.74) is 5.71. The van der Waals surface area contributed by atoms with Gasteiger partial charge in [0, 0.05) is 20.2 Å². The Morgan fingerprint density at radius 1 is 1.53 bits per heavy atom. The number of carbonyl (C=O) groups is 1. The molecule has 0 spiro atoms. The lowest BCUT2D eigenvalue weighted by molar-refractivity contribution is 0.0942. The Labute approximate surface area is 116 Å². The molecule has 6 nitrogen and oxygen atoms in total. The van der Waals surface area contributed by atoms with E-state index in [1.165, 1.54) is 11.3 Å². The zero-order valence-electron chi connectivity index (χ0n) is 11.0. The number of thiazole rings is 1. The molecule has 2 rings (SSSR count). The standard InChI is InChI=1S/C12H20N4O2S/c1-14-12-16-10(13)9(19-12)11(18)15-5-7-3-2-4-8(7)6-17/h7-8,17H,2-6,13H2,1H3,(H,14,16)(H,15,18). The summed E-state index contributed by atoms with van der Waals surface area (Å²) in [5, 5.41) is 15.7. The van der Waals surface area contributed by atoms with Crippen molar-refractivity contribution in [2.75, 3.05) is 31.2 Å². The molecule has 5 N–H and O–H groups in total. The molecule has 1 saturated carbocycles. The van der Waals surface area contributed by atoms with Crippen LogP contribution in [-0.4, -0.2) is 36.2 Å². The monoisotopic (exact) mass is 284 g/mol. The molecule has 0 aromatic carbocycles. The highest BCUT2D eigenvalue weighted by molar-refractivity contribution is 7.18. The van der Waals surface area contributed by atoms with Crippen molar-refractivity contribution in [1.29, 1.82) is 0 Å². The van der Waals surface area contributed by atoms with Crippen LogP contribution in [0.3, 0.4) is 0 Å².